The minimum absolute atomic E-state index is 0.0936. The first-order valence-corrected chi connectivity index (χ1v) is 8.39. The van der Waals surface area contributed by atoms with Crippen molar-refractivity contribution >= 4 is 38.4 Å². The molecule has 0 unspecified atom stereocenters. The van der Waals surface area contributed by atoms with Crippen LogP contribution in [0.4, 0.5) is 27.1 Å². The van der Waals surface area contributed by atoms with Crippen LogP contribution in [0.2, 0.25) is 0 Å². The summed E-state index contributed by atoms with van der Waals surface area (Å²) in [5.74, 6) is 0. The van der Waals surface area contributed by atoms with Crippen LogP contribution < -0.4 is 4.90 Å². The third kappa shape index (κ3) is 4.15. The zero-order valence-electron chi connectivity index (χ0n) is 14.0. The van der Waals surface area contributed by atoms with E-state index < -0.39 is 15.5 Å². The zero-order valence-corrected chi connectivity index (χ0v) is 14.8. The first-order valence-electron chi connectivity index (χ1n) is 7.57. The maximum atomic E-state index is 11.0. The topological polar surface area (TPSA) is 114 Å². The molecule has 9 nitrogen and oxygen atoms in total. The third-order valence-electron chi connectivity index (χ3n) is 3.61. The number of azo groups is 1. The highest BCUT2D eigenvalue weighted by atomic mass is 32.1. The molecule has 0 fully saturated rings. The quantitative estimate of drug-likeness (QED) is 0.384. The molecule has 0 bridgehead atoms. The Hall–Kier alpha value is -2.88. The fourth-order valence-corrected chi connectivity index (χ4v) is 3.05. The largest absolute Gasteiger partial charge is 0.372 e. The van der Waals surface area contributed by atoms with Crippen LogP contribution in [0.5, 0.6) is 0 Å². The molecular weight excluding hydrogens is 346 g/mol. The summed E-state index contributed by atoms with van der Waals surface area (Å²) in [5, 5.41) is 29.3. The van der Waals surface area contributed by atoms with Crippen molar-refractivity contribution in [2.45, 2.75) is 20.8 Å². The van der Waals surface area contributed by atoms with E-state index in [0.717, 1.165) is 30.4 Å². The fourth-order valence-electron chi connectivity index (χ4n) is 2.29. The van der Waals surface area contributed by atoms with E-state index >= 15 is 0 Å². The lowest BCUT2D eigenvalue weighted by Gasteiger charge is -2.21. The summed E-state index contributed by atoms with van der Waals surface area (Å²) < 4.78 is 0. The molecule has 0 amide bonds. The lowest BCUT2D eigenvalue weighted by atomic mass is 10.1. The molecule has 0 saturated heterocycles. The van der Waals surface area contributed by atoms with Crippen molar-refractivity contribution in [3.05, 3.63) is 50.1 Å². The van der Waals surface area contributed by atoms with E-state index in [2.05, 4.69) is 29.0 Å². The van der Waals surface area contributed by atoms with Gasteiger partial charge < -0.3 is 4.90 Å². The van der Waals surface area contributed by atoms with Gasteiger partial charge in [-0.15, -0.1) is 10.2 Å². The Morgan fingerprint density at radius 3 is 2.28 bits per heavy atom. The van der Waals surface area contributed by atoms with Crippen LogP contribution in [0.3, 0.4) is 0 Å². The standard InChI is InChI=1S/C15H17N5O4S/c1-4-18(5-2)11-6-7-12(10(3)8-11)16-17-15-13(19(21)22)9-14(25-15)20(23)24/h6-9H,4-5H2,1-3H3. The van der Waals surface area contributed by atoms with Crippen LogP contribution >= 0.6 is 11.3 Å². The van der Waals surface area contributed by atoms with E-state index in [4.69, 9.17) is 0 Å². The van der Waals surface area contributed by atoms with Gasteiger partial charge in [-0.2, -0.15) is 0 Å². The fraction of sp³-hybridized carbons (Fsp3) is 0.333. The van der Waals surface area contributed by atoms with Crippen LogP contribution in [0.1, 0.15) is 19.4 Å². The average Bonchev–Trinajstić information content (AvgIpc) is 3.00. The second-order valence-corrected chi connectivity index (χ2v) is 6.14. The Balaban J connectivity index is 2.33. The summed E-state index contributed by atoms with van der Waals surface area (Å²) in [4.78, 5) is 22.6. The molecule has 132 valence electrons. The van der Waals surface area contributed by atoms with Crippen molar-refractivity contribution in [2.75, 3.05) is 18.0 Å². The van der Waals surface area contributed by atoms with Gasteiger partial charge in [0.25, 0.3) is 0 Å². The van der Waals surface area contributed by atoms with Crippen LogP contribution in [0.15, 0.2) is 34.5 Å². The molecule has 10 heteroatoms. The maximum Gasteiger partial charge on any atom is 0.333 e. The second-order valence-electron chi connectivity index (χ2n) is 5.13. The van der Waals surface area contributed by atoms with Gasteiger partial charge in [0.15, 0.2) is 0 Å². The maximum absolute atomic E-state index is 11.0. The summed E-state index contributed by atoms with van der Waals surface area (Å²) in [7, 11) is 0. The number of hydrogen-bond donors (Lipinski definition) is 0. The molecule has 0 aliphatic rings. The normalized spacial score (nSPS) is 11.0. The minimum Gasteiger partial charge on any atom is -0.372 e. The van der Waals surface area contributed by atoms with E-state index in [1.54, 1.807) is 6.07 Å². The van der Waals surface area contributed by atoms with Crippen molar-refractivity contribution in [2.24, 2.45) is 10.2 Å². The molecule has 0 radical (unpaired) electrons. The predicted molar refractivity (Wildman–Crippen MR) is 96.5 cm³/mol. The predicted octanol–water partition coefficient (Wildman–Crippen LogP) is 5.13. The van der Waals surface area contributed by atoms with Gasteiger partial charge in [0.1, 0.15) is 6.07 Å². The first-order chi connectivity index (χ1) is 11.9. The molecule has 2 rings (SSSR count). The minimum atomic E-state index is -0.700. The molecule has 25 heavy (non-hydrogen) atoms. The molecule has 2 aromatic rings. The Kier molecular flexibility index (Phi) is 5.75. The highest BCUT2D eigenvalue weighted by Crippen LogP contribution is 2.42. The highest BCUT2D eigenvalue weighted by Gasteiger charge is 2.25. The Bertz CT molecular complexity index is 829. The lowest BCUT2D eigenvalue weighted by Crippen LogP contribution is -2.21. The number of rotatable bonds is 7. The van der Waals surface area contributed by atoms with Crippen LogP contribution in [-0.2, 0) is 0 Å². The van der Waals surface area contributed by atoms with Gasteiger partial charge in [0.05, 0.1) is 15.5 Å². The summed E-state index contributed by atoms with van der Waals surface area (Å²) in [6.07, 6.45) is 0. The summed E-state index contributed by atoms with van der Waals surface area (Å²) in [5.41, 5.74) is 2.06. The van der Waals surface area contributed by atoms with Gasteiger partial charge in [-0.05, 0) is 55.9 Å². The van der Waals surface area contributed by atoms with Crippen LogP contribution in [-0.4, -0.2) is 22.9 Å². The number of hydrogen-bond acceptors (Lipinski definition) is 8. The molecule has 1 aromatic heterocycles. The summed E-state index contributed by atoms with van der Waals surface area (Å²) >= 11 is 0.627. The SMILES string of the molecule is CCN(CC)c1ccc(N=Nc2sc([N+](=O)[O-])cc2[N+](=O)[O-])c(C)c1. The van der Waals surface area contributed by atoms with Gasteiger partial charge >= 0.3 is 10.7 Å². The Morgan fingerprint density at radius 2 is 1.76 bits per heavy atom. The zero-order chi connectivity index (χ0) is 18.6. The smallest absolute Gasteiger partial charge is 0.333 e. The Labute approximate surface area is 147 Å². The van der Waals surface area contributed by atoms with Gasteiger partial charge in [0, 0.05) is 18.8 Å². The highest BCUT2D eigenvalue weighted by molar-refractivity contribution is 7.19. The van der Waals surface area contributed by atoms with Crippen LogP contribution in [0, 0.1) is 27.2 Å². The monoisotopic (exact) mass is 363 g/mol. The third-order valence-corrected chi connectivity index (χ3v) is 4.57. The number of anilines is 1. The van der Waals surface area contributed by atoms with Crippen LogP contribution in [0.25, 0.3) is 0 Å². The molecule has 0 atom stereocenters. The molecule has 0 spiro atoms. The molecule has 0 N–H and O–H groups in total. The molecular formula is C15H17N5O4S. The van der Waals surface area contributed by atoms with Gasteiger partial charge in [-0.1, -0.05) is 0 Å². The van der Waals surface area contributed by atoms with E-state index in [9.17, 15) is 20.2 Å². The van der Waals surface area contributed by atoms with E-state index in [-0.39, 0.29) is 10.0 Å². The number of benzene rings is 1. The van der Waals surface area contributed by atoms with Gasteiger partial charge in [-0.3, -0.25) is 20.2 Å². The molecule has 1 heterocycles. The van der Waals surface area contributed by atoms with Crippen molar-refractivity contribution < 1.29 is 9.85 Å². The molecule has 0 aliphatic carbocycles. The first kappa shape index (κ1) is 18.5. The number of nitro groups is 2. The van der Waals surface area contributed by atoms with Gasteiger partial charge in [-0.25, -0.2) is 0 Å². The average molecular weight is 363 g/mol. The Morgan fingerprint density at radius 1 is 1.08 bits per heavy atom. The summed E-state index contributed by atoms with van der Waals surface area (Å²) in [6, 6.07) is 6.54. The van der Waals surface area contributed by atoms with Crippen molar-refractivity contribution in [3.63, 3.8) is 0 Å². The molecule has 0 aliphatic heterocycles. The molecule has 0 saturated carbocycles. The molecule has 1 aromatic carbocycles. The van der Waals surface area contributed by atoms with E-state index in [0.29, 0.717) is 17.0 Å². The summed E-state index contributed by atoms with van der Waals surface area (Å²) in [6.45, 7) is 7.75. The lowest BCUT2D eigenvalue weighted by molar-refractivity contribution is -0.389. The number of aryl methyl sites for hydroxylation is 1. The number of nitrogens with zero attached hydrogens (tertiary/aromatic N) is 5. The van der Waals surface area contributed by atoms with Crippen molar-refractivity contribution in [1.29, 1.82) is 0 Å². The van der Waals surface area contributed by atoms with E-state index in [1.165, 1.54) is 0 Å². The second kappa shape index (κ2) is 7.79. The van der Waals surface area contributed by atoms with Crippen molar-refractivity contribution in [1.82, 2.24) is 0 Å². The van der Waals surface area contributed by atoms with Gasteiger partial charge in [0.2, 0.25) is 5.00 Å². The van der Waals surface area contributed by atoms with Crippen molar-refractivity contribution in [3.8, 4) is 0 Å². The number of thiophene rings is 1. The van der Waals surface area contributed by atoms with E-state index in [1.807, 2.05) is 19.1 Å².